The van der Waals surface area contributed by atoms with Crippen molar-refractivity contribution in [1.29, 1.82) is 0 Å². The van der Waals surface area contributed by atoms with Crippen LogP contribution >= 0.6 is 0 Å². The first-order chi connectivity index (χ1) is 68.8. The van der Waals surface area contributed by atoms with Gasteiger partial charge in [0.25, 0.3) is 0 Å². The smallest absolute Gasteiger partial charge is 0.217 e. The van der Waals surface area contributed by atoms with Gasteiger partial charge in [0, 0.05) is 20.8 Å². The Morgan fingerprint density at radius 1 is 0.178 bits per heavy atom. The van der Waals surface area contributed by atoms with Gasteiger partial charge in [0.1, 0.15) is 274 Å². The highest BCUT2D eigenvalue weighted by atomic mass is 16.8. The maximum atomic E-state index is 13.6. The molecule has 3 amide bonds. The number of amides is 3. The van der Waals surface area contributed by atoms with Gasteiger partial charge in [-0.2, -0.15) is 0 Å². The fourth-order valence-electron chi connectivity index (χ4n) is 19.6. The van der Waals surface area contributed by atoms with Crippen LogP contribution in [0.4, 0.5) is 0 Å². The molecule has 13 aliphatic rings. The molecular formula is C84H141N3O59. The second kappa shape index (κ2) is 50.6. The fourth-order valence-corrected chi connectivity index (χ4v) is 19.6. The standard InChI is InChI=1S/C84H141N3O59/c1-17-36(97)49(110)55(116)76(123-17)141-66-42(103)23(7)126-79(59(66)120)144-69-52(113)43(104)27(11-88)132-82(69)135-61-34(86-25(9)95)74(130-31(15-92)47(61)108)139-64-40(101)21(5)124-77(57(64)118)143-68-51(112)38(99)19(3)128-81(68)146-71-54(115)45(106)29(13-90)134-84(71)137-62-35(87-26(10)96)75(131-32(16-93)48(62)109)140-65-41(102)22(6)125-78(58(65)119)142-67-50(111)37(98)18(2)127-80(67)145-70-53(114)44(105)28(12-89)133-83(70)136-60-33(85-24(8)94)73(129-30(14-91)46(60)107)138-63-39(100)20(4)122-72(121)56(63)117/h17-23,27-84,88-93,97-121H,11-16H2,1-10H3,(H,85,94)(H,86,95)(H,87,96)/t17-,18-,19-,20-,21-,22-,23-,27+,28+,29+,30+,31+,32+,33+,34+,35+,36-,37-,38-,39-,40-,41-,42-,43-,44-,45-,46+,47+,48+,49+,50+,51+,52-,53-,54-,55+,56+,57+,58+,59+,60+,61+,62+,63+,64+,65+,66+,67+,68+,69+,70+,71+,72+,73+,74+,75+,76-,77-,78-,79-,80-,81-,82+,83+,84+/m0/s1. The van der Waals surface area contributed by atoms with Crippen LogP contribution < -0.4 is 16.0 Å². The second-order valence-electron chi connectivity index (χ2n) is 38.5. The van der Waals surface area contributed by atoms with Crippen molar-refractivity contribution in [3.63, 3.8) is 0 Å². The van der Waals surface area contributed by atoms with Crippen molar-refractivity contribution < 1.29 is 291 Å². The normalized spacial score (nSPS) is 53.1. The number of rotatable bonds is 33. The molecule has 0 spiro atoms. The second-order valence-corrected chi connectivity index (χ2v) is 38.5. The molecule has 0 bridgehead atoms. The van der Waals surface area contributed by atoms with Gasteiger partial charge >= 0.3 is 0 Å². The quantitative estimate of drug-likeness (QED) is 0.0290. The zero-order valence-electron chi connectivity index (χ0n) is 80.1. The Morgan fingerprint density at radius 3 is 0.616 bits per heavy atom. The van der Waals surface area contributed by atoms with Gasteiger partial charge in [-0.05, 0) is 48.5 Å². The van der Waals surface area contributed by atoms with Crippen LogP contribution in [0.1, 0.15) is 69.2 Å². The van der Waals surface area contributed by atoms with Crippen LogP contribution in [-0.2, 0) is 133 Å². The van der Waals surface area contributed by atoms with Crippen molar-refractivity contribution in [3.8, 4) is 0 Å². The van der Waals surface area contributed by atoms with Gasteiger partial charge < -0.3 is 293 Å². The topological polar surface area (TPSA) is 945 Å². The lowest BCUT2D eigenvalue weighted by Gasteiger charge is -2.51. The highest BCUT2D eigenvalue weighted by Crippen LogP contribution is 2.44. The van der Waals surface area contributed by atoms with Gasteiger partial charge in [0.15, 0.2) is 81.8 Å². The van der Waals surface area contributed by atoms with Gasteiger partial charge in [0.05, 0.1) is 82.4 Å². The van der Waals surface area contributed by atoms with Crippen LogP contribution in [0.5, 0.6) is 0 Å². The maximum absolute atomic E-state index is 13.6. The lowest BCUT2D eigenvalue weighted by atomic mass is 9.94. The summed E-state index contributed by atoms with van der Waals surface area (Å²) in [5, 5.41) is 361. The van der Waals surface area contributed by atoms with Gasteiger partial charge in [0.2, 0.25) is 17.7 Å². The summed E-state index contributed by atoms with van der Waals surface area (Å²) in [6.45, 7) is 4.78. The Kier molecular flexibility index (Phi) is 41.3. The molecule has 0 aliphatic carbocycles. The van der Waals surface area contributed by atoms with Crippen LogP contribution in [0.2, 0.25) is 0 Å². The molecule has 13 fully saturated rings. The van der Waals surface area contributed by atoms with E-state index in [0.29, 0.717) is 0 Å². The molecule has 34 N–H and O–H groups in total. The van der Waals surface area contributed by atoms with E-state index in [-0.39, 0.29) is 0 Å². The summed E-state index contributed by atoms with van der Waals surface area (Å²) in [6, 6.07) is -5.81. The first-order valence-corrected chi connectivity index (χ1v) is 47.7. The lowest BCUT2D eigenvalue weighted by Crippen LogP contribution is -2.71. The molecule has 846 valence electrons. The average molecular weight is 2140 g/mol. The summed E-state index contributed by atoms with van der Waals surface area (Å²) >= 11 is 0. The molecule has 62 nitrogen and oxygen atoms in total. The molecule has 65 atom stereocenters. The van der Waals surface area contributed by atoms with Crippen LogP contribution in [0.25, 0.3) is 0 Å². The van der Waals surface area contributed by atoms with Crippen molar-refractivity contribution in [2.24, 2.45) is 0 Å². The van der Waals surface area contributed by atoms with Crippen LogP contribution in [-0.4, -0.2) is 615 Å². The van der Waals surface area contributed by atoms with E-state index in [0.717, 1.165) is 20.8 Å². The summed E-state index contributed by atoms with van der Waals surface area (Å²) in [6.07, 6.45) is -125. The monoisotopic (exact) mass is 2140 g/mol. The Balaban J connectivity index is 0.731. The molecule has 146 heavy (non-hydrogen) atoms. The molecule has 0 aromatic rings. The summed E-state index contributed by atoms with van der Waals surface area (Å²) in [5.41, 5.74) is 0. The minimum Gasteiger partial charge on any atom is -0.394 e. The number of hydrogen-bond donors (Lipinski definition) is 34. The Morgan fingerprint density at radius 2 is 0.356 bits per heavy atom. The number of carbonyl (C=O) groups is 3. The van der Waals surface area contributed by atoms with E-state index in [1.807, 2.05) is 0 Å². The van der Waals surface area contributed by atoms with E-state index in [2.05, 4.69) is 16.0 Å². The average Bonchev–Trinajstić information content (AvgIpc) is 0.778. The van der Waals surface area contributed by atoms with Crippen LogP contribution in [0, 0.1) is 0 Å². The van der Waals surface area contributed by atoms with Gasteiger partial charge in [-0.3, -0.25) is 14.4 Å². The molecule has 0 aromatic heterocycles. The number of carbonyl (C=O) groups excluding carboxylic acids is 3. The van der Waals surface area contributed by atoms with E-state index in [1.54, 1.807) is 0 Å². The molecule has 62 heteroatoms. The SMILES string of the molecule is CC(=O)N[C@H]1[C@@H](O[C@@H]2[C@@H](O)[C@H](C)O[C@@H](O[C@H]3[C@H](O[C@H]4[C@@H](O[C@H]5[C@H](O)[C@@H](CO)O[C@H](O[C@@H]6[C@@H](O)[C@H](C)O[C@@H](O[C@H]7[C@H](O[C@H]8[C@@H](O[C@H]9[C@H](O)[C@@H](CO)O[C@H](O[C@@H]%10[C@@H](O)[C@H](C)O[C@@H](O)[C@@H]%10O)[C@@H]9NC(C)=O)O[C@H](CO)[C@H](O)[C@@H]8O)O[C@@H](C)[C@H](O)[C@H]7O)[C@@H]6O)[C@@H]5NC(C)=O)O[C@H](CO)[C@H](O)[C@@H]4O)O[C@@H](C)[C@H](O)[C@H]3O)[C@@H]2O)O[C@H](CO)[C@@H](O)[C@@H]1O[C@H]1O[C@H](CO)[C@H](O)[C@H](O)[C@H]1O[C@@H]1O[C@@H](C)[C@H](O)[C@@H](O[C@@H]2O[C@@H](C)[C@H](O)[C@@H](O)[C@H]2O)[C@H]1O. The van der Waals surface area contributed by atoms with Crippen molar-refractivity contribution in [2.75, 3.05) is 39.6 Å². The fraction of sp³-hybridized carbons (Fsp3) is 0.964. The minimum atomic E-state index is -2.42. The summed E-state index contributed by atoms with van der Waals surface area (Å²) in [7, 11) is 0. The number of aliphatic hydroxyl groups excluding tert-OH is 31. The third kappa shape index (κ3) is 25.2. The summed E-state index contributed by atoms with van der Waals surface area (Å²) in [4.78, 5) is 39.9. The van der Waals surface area contributed by atoms with Crippen molar-refractivity contribution in [1.82, 2.24) is 16.0 Å². The maximum Gasteiger partial charge on any atom is 0.217 e. The largest absolute Gasteiger partial charge is 0.394 e. The number of hydrogen-bond acceptors (Lipinski definition) is 59. The lowest BCUT2D eigenvalue weighted by molar-refractivity contribution is -0.407. The Hall–Kier alpha value is -3.83. The molecule has 13 rings (SSSR count). The van der Waals surface area contributed by atoms with E-state index >= 15 is 0 Å². The molecular weight excluding hydrogens is 1990 g/mol. The molecule has 13 aliphatic heterocycles. The number of nitrogens with one attached hydrogen (secondary N) is 3. The predicted molar refractivity (Wildman–Crippen MR) is 452 cm³/mol. The van der Waals surface area contributed by atoms with Gasteiger partial charge in [-0.25, -0.2) is 0 Å². The molecule has 0 aromatic carbocycles. The molecule has 0 radical (unpaired) electrons. The van der Waals surface area contributed by atoms with Gasteiger partial charge in [-0.1, -0.05) is 0 Å². The zero-order chi connectivity index (χ0) is 107. The third-order valence-corrected chi connectivity index (χ3v) is 28.2. The van der Waals surface area contributed by atoms with E-state index in [4.69, 9.17) is 118 Å². The van der Waals surface area contributed by atoms with E-state index in [9.17, 15) is 173 Å². The Labute approximate surface area is 830 Å². The molecule has 13 saturated heterocycles. The van der Waals surface area contributed by atoms with Crippen molar-refractivity contribution in [3.05, 3.63) is 0 Å². The highest BCUT2D eigenvalue weighted by molar-refractivity contribution is 5.74. The van der Waals surface area contributed by atoms with Gasteiger partial charge in [-0.15, -0.1) is 0 Å². The predicted octanol–water partition coefficient (Wildman–Crippen LogP) is -21.7. The highest BCUT2D eigenvalue weighted by Gasteiger charge is 2.65. The third-order valence-electron chi connectivity index (χ3n) is 28.2. The number of aliphatic hydroxyl groups is 31. The summed E-state index contributed by atoms with van der Waals surface area (Å²) < 4.78 is 150. The molecule has 13 heterocycles. The van der Waals surface area contributed by atoms with Crippen molar-refractivity contribution >= 4 is 17.7 Å². The Bertz CT molecular complexity index is 4060. The number of ether oxygens (including phenoxy) is 25. The van der Waals surface area contributed by atoms with Crippen LogP contribution in [0.3, 0.4) is 0 Å². The molecule has 0 unspecified atom stereocenters. The van der Waals surface area contributed by atoms with E-state index < -0.39 is 456 Å². The zero-order valence-corrected chi connectivity index (χ0v) is 80.1. The first-order valence-electron chi connectivity index (χ1n) is 47.7. The molecule has 0 saturated carbocycles. The first kappa shape index (κ1) is 119. The van der Waals surface area contributed by atoms with Crippen LogP contribution in [0.15, 0.2) is 0 Å². The summed E-state index contributed by atoms with van der Waals surface area (Å²) in [5.74, 6) is -2.87. The minimum absolute atomic E-state index is 0.884. The van der Waals surface area contributed by atoms with E-state index in [1.165, 1.54) is 48.5 Å². The van der Waals surface area contributed by atoms with Crippen molar-refractivity contribution in [2.45, 2.75) is 468 Å².